The first-order chi connectivity index (χ1) is 10.2. The van der Waals surface area contributed by atoms with E-state index in [4.69, 9.17) is 15.2 Å². The molecule has 1 aromatic rings. The molecule has 21 heavy (non-hydrogen) atoms. The van der Waals surface area contributed by atoms with Gasteiger partial charge in [-0.3, -0.25) is 4.79 Å². The van der Waals surface area contributed by atoms with Crippen LogP contribution in [0, 0.1) is 0 Å². The van der Waals surface area contributed by atoms with E-state index in [-0.39, 0.29) is 5.91 Å². The molecule has 0 spiro atoms. The van der Waals surface area contributed by atoms with Crippen LogP contribution in [-0.4, -0.2) is 26.7 Å². The number of para-hydroxylation sites is 1. The molecule has 0 bridgehead atoms. The van der Waals surface area contributed by atoms with Crippen molar-refractivity contribution in [2.24, 2.45) is 5.73 Å². The van der Waals surface area contributed by atoms with Gasteiger partial charge in [0.25, 0.3) is 0 Å². The summed E-state index contributed by atoms with van der Waals surface area (Å²) in [6.07, 6.45) is 4.63. The molecule has 0 heterocycles. The Balaban J connectivity index is 2.39. The van der Waals surface area contributed by atoms with Crippen LogP contribution < -0.4 is 20.5 Å². The van der Waals surface area contributed by atoms with Crippen molar-refractivity contribution in [2.45, 2.75) is 38.6 Å². The second kappa shape index (κ2) is 10.0. The summed E-state index contributed by atoms with van der Waals surface area (Å²) in [6.45, 7) is 1.17. The molecule has 1 aromatic carbocycles. The number of hydrogen-bond donors (Lipinski definition) is 2. The number of nitrogens with one attached hydrogen (secondary N) is 1. The molecule has 0 aliphatic heterocycles. The fourth-order valence-corrected chi connectivity index (χ4v) is 2.16. The van der Waals surface area contributed by atoms with Gasteiger partial charge in [-0.1, -0.05) is 25.0 Å². The minimum atomic E-state index is 0.0626. The Kier molecular flexibility index (Phi) is 8.28. The number of hydrogen-bond acceptors (Lipinski definition) is 4. The summed E-state index contributed by atoms with van der Waals surface area (Å²) in [4.78, 5) is 11.8. The molecule has 5 heteroatoms. The molecule has 0 radical (unpaired) electrons. The van der Waals surface area contributed by atoms with Gasteiger partial charge in [0.2, 0.25) is 5.91 Å². The lowest BCUT2D eigenvalue weighted by Gasteiger charge is -2.13. The predicted octanol–water partition coefficient (Wildman–Crippen LogP) is 2.23. The average Bonchev–Trinajstić information content (AvgIpc) is 2.52. The highest BCUT2D eigenvalue weighted by molar-refractivity contribution is 5.75. The third-order valence-corrected chi connectivity index (χ3v) is 3.32. The largest absolute Gasteiger partial charge is 0.493 e. The molecule has 3 N–H and O–H groups in total. The van der Waals surface area contributed by atoms with Crippen LogP contribution in [-0.2, 0) is 11.3 Å². The van der Waals surface area contributed by atoms with Gasteiger partial charge in [0.15, 0.2) is 11.5 Å². The fourth-order valence-electron chi connectivity index (χ4n) is 2.16. The quantitative estimate of drug-likeness (QED) is 0.649. The third kappa shape index (κ3) is 6.04. The van der Waals surface area contributed by atoms with E-state index in [1.54, 1.807) is 14.2 Å². The summed E-state index contributed by atoms with van der Waals surface area (Å²) in [5.41, 5.74) is 6.34. The van der Waals surface area contributed by atoms with E-state index >= 15 is 0 Å². The lowest BCUT2D eigenvalue weighted by Crippen LogP contribution is -2.22. The van der Waals surface area contributed by atoms with Crippen molar-refractivity contribution in [3.05, 3.63) is 23.8 Å². The number of ether oxygens (including phenoxy) is 2. The average molecular weight is 294 g/mol. The number of unbranched alkanes of at least 4 members (excludes halogenated alkanes) is 3. The minimum Gasteiger partial charge on any atom is -0.493 e. The van der Waals surface area contributed by atoms with E-state index in [2.05, 4.69) is 5.32 Å². The van der Waals surface area contributed by atoms with Gasteiger partial charge in [0.1, 0.15) is 0 Å². The molecular formula is C16H26N2O3. The van der Waals surface area contributed by atoms with Gasteiger partial charge < -0.3 is 20.5 Å². The van der Waals surface area contributed by atoms with Gasteiger partial charge in [0.05, 0.1) is 14.2 Å². The molecule has 0 fully saturated rings. The molecule has 0 unspecified atom stereocenters. The molecule has 0 saturated heterocycles. The Morgan fingerprint density at radius 1 is 1.14 bits per heavy atom. The second-order valence-corrected chi connectivity index (χ2v) is 4.88. The zero-order valence-electron chi connectivity index (χ0n) is 13.0. The van der Waals surface area contributed by atoms with Crippen molar-refractivity contribution in [1.29, 1.82) is 0 Å². The highest BCUT2D eigenvalue weighted by Crippen LogP contribution is 2.30. The van der Waals surface area contributed by atoms with Crippen molar-refractivity contribution in [3.8, 4) is 11.5 Å². The maximum atomic E-state index is 11.8. The third-order valence-electron chi connectivity index (χ3n) is 3.32. The normalized spacial score (nSPS) is 10.2. The minimum absolute atomic E-state index is 0.0626. The summed E-state index contributed by atoms with van der Waals surface area (Å²) in [5.74, 6) is 1.40. The van der Waals surface area contributed by atoms with Crippen LogP contribution >= 0.6 is 0 Å². The number of benzene rings is 1. The second-order valence-electron chi connectivity index (χ2n) is 4.88. The van der Waals surface area contributed by atoms with E-state index in [0.29, 0.717) is 24.5 Å². The summed E-state index contributed by atoms with van der Waals surface area (Å²) < 4.78 is 10.6. The molecule has 5 nitrogen and oxygen atoms in total. The Morgan fingerprint density at radius 3 is 2.57 bits per heavy atom. The zero-order valence-corrected chi connectivity index (χ0v) is 13.0. The fraction of sp³-hybridized carbons (Fsp3) is 0.562. The van der Waals surface area contributed by atoms with Crippen molar-refractivity contribution in [2.75, 3.05) is 20.8 Å². The Hall–Kier alpha value is -1.75. The Labute approximate surface area is 126 Å². The van der Waals surface area contributed by atoms with Crippen molar-refractivity contribution >= 4 is 5.91 Å². The molecule has 118 valence electrons. The van der Waals surface area contributed by atoms with Crippen LogP contribution in [0.3, 0.4) is 0 Å². The molecule has 0 aliphatic carbocycles. The molecular weight excluding hydrogens is 268 g/mol. The first kappa shape index (κ1) is 17.3. The van der Waals surface area contributed by atoms with E-state index in [0.717, 1.165) is 37.8 Å². The summed E-state index contributed by atoms with van der Waals surface area (Å²) in [5, 5.41) is 2.92. The topological polar surface area (TPSA) is 73.6 Å². The van der Waals surface area contributed by atoms with Crippen molar-refractivity contribution in [1.82, 2.24) is 5.32 Å². The smallest absolute Gasteiger partial charge is 0.220 e. The zero-order chi connectivity index (χ0) is 15.5. The highest BCUT2D eigenvalue weighted by atomic mass is 16.5. The van der Waals surface area contributed by atoms with Crippen molar-refractivity contribution in [3.63, 3.8) is 0 Å². The monoisotopic (exact) mass is 294 g/mol. The van der Waals surface area contributed by atoms with Crippen LogP contribution in [0.25, 0.3) is 0 Å². The van der Waals surface area contributed by atoms with Crippen LogP contribution in [0.1, 0.15) is 37.7 Å². The molecule has 0 aromatic heterocycles. The number of carbonyl (C=O) groups excluding carboxylic acids is 1. The van der Waals surface area contributed by atoms with Gasteiger partial charge in [0, 0.05) is 18.5 Å². The van der Waals surface area contributed by atoms with Gasteiger partial charge in [-0.25, -0.2) is 0 Å². The van der Waals surface area contributed by atoms with E-state index in [1.807, 2.05) is 18.2 Å². The number of methoxy groups -OCH3 is 2. The van der Waals surface area contributed by atoms with E-state index in [9.17, 15) is 4.79 Å². The SMILES string of the molecule is COc1cccc(CNC(=O)CCCCCCN)c1OC. The van der Waals surface area contributed by atoms with E-state index in [1.165, 1.54) is 0 Å². The maximum absolute atomic E-state index is 11.8. The van der Waals surface area contributed by atoms with Crippen molar-refractivity contribution < 1.29 is 14.3 Å². The predicted molar refractivity (Wildman–Crippen MR) is 83.5 cm³/mol. The lowest BCUT2D eigenvalue weighted by molar-refractivity contribution is -0.121. The molecule has 0 saturated carbocycles. The number of rotatable bonds is 10. The summed E-state index contributed by atoms with van der Waals surface area (Å²) in [7, 11) is 3.20. The maximum Gasteiger partial charge on any atom is 0.220 e. The van der Waals surface area contributed by atoms with Crippen LogP contribution in [0.4, 0.5) is 0 Å². The Morgan fingerprint density at radius 2 is 1.90 bits per heavy atom. The number of nitrogens with two attached hydrogens (primary N) is 1. The number of amides is 1. The number of carbonyl (C=O) groups is 1. The molecule has 0 aliphatic rings. The summed E-state index contributed by atoms with van der Waals surface area (Å²) >= 11 is 0. The molecule has 1 amide bonds. The van der Waals surface area contributed by atoms with Gasteiger partial charge in [-0.05, 0) is 25.5 Å². The van der Waals surface area contributed by atoms with Crippen LogP contribution in [0.5, 0.6) is 11.5 Å². The summed E-state index contributed by atoms with van der Waals surface area (Å²) in [6, 6.07) is 5.64. The van der Waals surface area contributed by atoms with E-state index < -0.39 is 0 Å². The lowest BCUT2D eigenvalue weighted by atomic mass is 10.1. The Bertz CT molecular complexity index is 436. The first-order valence-corrected chi connectivity index (χ1v) is 7.39. The molecule has 0 atom stereocenters. The van der Waals surface area contributed by atoms with Crippen LogP contribution in [0.2, 0.25) is 0 Å². The van der Waals surface area contributed by atoms with Gasteiger partial charge in [-0.15, -0.1) is 0 Å². The standard InChI is InChI=1S/C16H26N2O3/c1-20-14-9-7-8-13(16(14)21-2)12-18-15(19)10-5-3-4-6-11-17/h7-9H,3-6,10-12,17H2,1-2H3,(H,18,19). The molecule has 1 rings (SSSR count). The van der Waals surface area contributed by atoms with Crippen LogP contribution in [0.15, 0.2) is 18.2 Å². The van der Waals surface area contributed by atoms with Gasteiger partial charge in [-0.2, -0.15) is 0 Å². The highest BCUT2D eigenvalue weighted by Gasteiger charge is 2.10. The first-order valence-electron chi connectivity index (χ1n) is 7.39. The van der Waals surface area contributed by atoms with Gasteiger partial charge >= 0.3 is 0 Å².